The zero-order chi connectivity index (χ0) is 8.81. The van der Waals surface area contributed by atoms with Gasteiger partial charge in [-0.3, -0.25) is 0 Å². The molecule has 1 aliphatic rings. The maximum absolute atomic E-state index is 13.1. The summed E-state index contributed by atoms with van der Waals surface area (Å²) in [4.78, 5) is 0. The van der Waals surface area contributed by atoms with Crippen molar-refractivity contribution in [3.05, 3.63) is 11.6 Å². The van der Waals surface area contributed by atoms with Gasteiger partial charge >= 0.3 is 0 Å². The van der Waals surface area contributed by atoms with Gasteiger partial charge in [0.05, 0.1) is 0 Å². The van der Waals surface area contributed by atoms with E-state index in [0.29, 0.717) is 0 Å². The summed E-state index contributed by atoms with van der Waals surface area (Å²) in [5.41, 5.74) is 6.22. The third kappa shape index (κ3) is 2.94. The standard InChI is InChI=1S/C10H18FN/c11-10(8-12)9-6-4-2-1-3-5-7-9/h6,10H,1-5,7-8,12H2/b9-6+. The lowest BCUT2D eigenvalue weighted by atomic mass is 9.97. The zero-order valence-corrected chi connectivity index (χ0v) is 7.56. The third-order valence-electron chi connectivity index (χ3n) is 2.44. The number of alkyl halides is 1. The topological polar surface area (TPSA) is 26.0 Å². The number of hydrogen-bond acceptors (Lipinski definition) is 1. The Bertz CT molecular complexity index is 154. The zero-order valence-electron chi connectivity index (χ0n) is 7.56. The molecule has 0 saturated carbocycles. The van der Waals surface area contributed by atoms with Crippen LogP contribution in [0.25, 0.3) is 0 Å². The first kappa shape index (κ1) is 9.72. The molecule has 0 aromatic carbocycles. The summed E-state index contributed by atoms with van der Waals surface area (Å²) >= 11 is 0. The number of nitrogens with two attached hydrogens (primary N) is 1. The lowest BCUT2D eigenvalue weighted by Gasteiger charge is -2.13. The van der Waals surface area contributed by atoms with Gasteiger partial charge in [0, 0.05) is 6.54 Å². The van der Waals surface area contributed by atoms with Gasteiger partial charge in [0.15, 0.2) is 0 Å². The predicted octanol–water partition coefficient (Wildman–Crippen LogP) is 2.56. The molecule has 1 aliphatic carbocycles. The first-order valence-electron chi connectivity index (χ1n) is 4.87. The molecule has 2 N–H and O–H groups in total. The highest BCUT2D eigenvalue weighted by Gasteiger charge is 2.11. The molecule has 0 spiro atoms. The Morgan fingerprint density at radius 3 is 2.83 bits per heavy atom. The highest BCUT2D eigenvalue weighted by atomic mass is 19.1. The molecule has 1 rings (SSSR count). The van der Waals surface area contributed by atoms with Gasteiger partial charge in [-0.2, -0.15) is 0 Å². The van der Waals surface area contributed by atoms with Crippen molar-refractivity contribution in [3.8, 4) is 0 Å². The van der Waals surface area contributed by atoms with E-state index in [0.717, 1.165) is 24.8 Å². The SMILES string of the molecule is NCC(F)/C1=C/CCCCCC1. The fraction of sp³-hybridized carbons (Fsp3) is 0.800. The Balaban J connectivity index is 2.46. The highest BCUT2D eigenvalue weighted by molar-refractivity contribution is 5.09. The van der Waals surface area contributed by atoms with Crippen molar-refractivity contribution in [2.75, 3.05) is 6.54 Å². The number of rotatable bonds is 2. The van der Waals surface area contributed by atoms with Crippen LogP contribution < -0.4 is 5.73 Å². The van der Waals surface area contributed by atoms with Crippen molar-refractivity contribution in [2.45, 2.75) is 44.7 Å². The molecule has 0 fully saturated rings. The number of allylic oxidation sites excluding steroid dienone is 1. The minimum absolute atomic E-state index is 0.145. The van der Waals surface area contributed by atoms with Crippen LogP contribution in [0.2, 0.25) is 0 Å². The van der Waals surface area contributed by atoms with Crippen molar-refractivity contribution in [3.63, 3.8) is 0 Å². The second-order valence-electron chi connectivity index (χ2n) is 3.44. The summed E-state index contributed by atoms with van der Waals surface area (Å²) in [5, 5.41) is 0. The van der Waals surface area contributed by atoms with Crippen molar-refractivity contribution >= 4 is 0 Å². The lowest BCUT2D eigenvalue weighted by molar-refractivity contribution is 0.375. The van der Waals surface area contributed by atoms with Crippen LogP contribution >= 0.6 is 0 Å². The number of halogens is 1. The molecule has 0 bridgehead atoms. The van der Waals surface area contributed by atoms with Gasteiger partial charge in [-0.15, -0.1) is 0 Å². The maximum Gasteiger partial charge on any atom is 0.133 e. The normalized spacial score (nSPS) is 26.7. The van der Waals surface area contributed by atoms with Gasteiger partial charge in [-0.25, -0.2) is 4.39 Å². The predicted molar refractivity (Wildman–Crippen MR) is 49.7 cm³/mol. The summed E-state index contributed by atoms with van der Waals surface area (Å²) in [6.07, 6.45) is 8.00. The third-order valence-corrected chi connectivity index (χ3v) is 2.44. The fourth-order valence-electron chi connectivity index (χ4n) is 1.65. The van der Waals surface area contributed by atoms with E-state index in [1.165, 1.54) is 19.3 Å². The van der Waals surface area contributed by atoms with E-state index in [1.807, 2.05) is 0 Å². The molecule has 0 aromatic heterocycles. The first-order chi connectivity index (χ1) is 5.84. The van der Waals surface area contributed by atoms with Gasteiger partial charge in [-0.1, -0.05) is 18.9 Å². The summed E-state index contributed by atoms with van der Waals surface area (Å²) in [7, 11) is 0. The van der Waals surface area contributed by atoms with Crippen LogP contribution in [0, 0.1) is 0 Å². The van der Waals surface area contributed by atoms with Crippen molar-refractivity contribution in [1.29, 1.82) is 0 Å². The highest BCUT2D eigenvalue weighted by Crippen LogP contribution is 2.20. The van der Waals surface area contributed by atoms with Crippen LogP contribution in [0.4, 0.5) is 4.39 Å². The second-order valence-corrected chi connectivity index (χ2v) is 3.44. The average molecular weight is 171 g/mol. The first-order valence-corrected chi connectivity index (χ1v) is 4.87. The van der Waals surface area contributed by atoms with Gasteiger partial charge in [0.25, 0.3) is 0 Å². The van der Waals surface area contributed by atoms with E-state index in [-0.39, 0.29) is 6.54 Å². The molecule has 0 heterocycles. The van der Waals surface area contributed by atoms with E-state index in [2.05, 4.69) is 6.08 Å². The fourth-order valence-corrected chi connectivity index (χ4v) is 1.65. The summed E-state index contributed by atoms with van der Waals surface area (Å²) in [5.74, 6) is 0. The van der Waals surface area contributed by atoms with Crippen LogP contribution in [0.3, 0.4) is 0 Å². The van der Waals surface area contributed by atoms with E-state index >= 15 is 0 Å². The molecule has 70 valence electrons. The Labute approximate surface area is 73.8 Å². The molecule has 12 heavy (non-hydrogen) atoms. The van der Waals surface area contributed by atoms with Gasteiger partial charge in [0.1, 0.15) is 6.17 Å². The quantitative estimate of drug-likeness (QED) is 0.635. The summed E-state index contributed by atoms with van der Waals surface area (Å²) < 4.78 is 13.1. The van der Waals surface area contributed by atoms with Crippen molar-refractivity contribution in [2.24, 2.45) is 5.73 Å². The van der Waals surface area contributed by atoms with E-state index in [4.69, 9.17) is 5.73 Å². The molecule has 2 heteroatoms. The molecule has 1 unspecified atom stereocenters. The second kappa shape index (κ2) is 5.31. The van der Waals surface area contributed by atoms with Gasteiger partial charge in [-0.05, 0) is 31.3 Å². The van der Waals surface area contributed by atoms with Gasteiger partial charge in [0.2, 0.25) is 0 Å². The molecule has 1 nitrogen and oxygen atoms in total. The molecule has 0 aliphatic heterocycles. The van der Waals surface area contributed by atoms with E-state index in [1.54, 1.807) is 0 Å². The molecule has 0 saturated heterocycles. The summed E-state index contributed by atoms with van der Waals surface area (Å²) in [6.45, 7) is 0.145. The lowest BCUT2D eigenvalue weighted by Crippen LogP contribution is -2.18. The molecular weight excluding hydrogens is 153 g/mol. The van der Waals surface area contributed by atoms with Crippen molar-refractivity contribution in [1.82, 2.24) is 0 Å². The average Bonchev–Trinajstić information content (AvgIpc) is 2.02. The molecule has 1 atom stereocenters. The molecular formula is C10H18FN. The van der Waals surface area contributed by atoms with Crippen LogP contribution in [-0.2, 0) is 0 Å². The van der Waals surface area contributed by atoms with Crippen LogP contribution in [0.5, 0.6) is 0 Å². The molecule has 0 aromatic rings. The minimum Gasteiger partial charge on any atom is -0.327 e. The van der Waals surface area contributed by atoms with Crippen LogP contribution in [0.1, 0.15) is 38.5 Å². The largest absolute Gasteiger partial charge is 0.327 e. The smallest absolute Gasteiger partial charge is 0.133 e. The molecule has 0 amide bonds. The van der Waals surface area contributed by atoms with E-state index in [9.17, 15) is 4.39 Å². The number of hydrogen-bond donors (Lipinski definition) is 1. The minimum atomic E-state index is -0.886. The Kier molecular flexibility index (Phi) is 4.30. The Morgan fingerprint density at radius 2 is 2.08 bits per heavy atom. The van der Waals surface area contributed by atoms with Gasteiger partial charge < -0.3 is 5.73 Å². The maximum atomic E-state index is 13.1. The monoisotopic (exact) mass is 171 g/mol. The molecule has 0 radical (unpaired) electrons. The summed E-state index contributed by atoms with van der Waals surface area (Å²) in [6, 6.07) is 0. The Hall–Kier alpha value is -0.370. The van der Waals surface area contributed by atoms with Crippen LogP contribution in [-0.4, -0.2) is 12.7 Å². The van der Waals surface area contributed by atoms with Crippen molar-refractivity contribution < 1.29 is 4.39 Å². The van der Waals surface area contributed by atoms with E-state index < -0.39 is 6.17 Å². The van der Waals surface area contributed by atoms with Crippen LogP contribution in [0.15, 0.2) is 11.6 Å². The Morgan fingerprint density at radius 1 is 1.33 bits per heavy atom.